The van der Waals surface area contributed by atoms with Gasteiger partial charge >= 0.3 is 0 Å². The molecule has 1 aliphatic carbocycles. The molecule has 0 fully saturated rings. The second-order valence-electron chi connectivity index (χ2n) is 9.10. The lowest BCUT2D eigenvalue weighted by atomic mass is 9.91. The number of hydrogen-bond acceptors (Lipinski definition) is 1. The van der Waals surface area contributed by atoms with Gasteiger partial charge in [0.05, 0.1) is 17.1 Å². The van der Waals surface area contributed by atoms with Crippen molar-refractivity contribution < 1.29 is 0 Å². The summed E-state index contributed by atoms with van der Waals surface area (Å²) in [7, 11) is 0. The zero-order valence-corrected chi connectivity index (χ0v) is 18.5. The average Bonchev–Trinajstić information content (AvgIpc) is 3.37. The van der Waals surface area contributed by atoms with Crippen LogP contribution in [0.5, 0.6) is 0 Å². The summed E-state index contributed by atoms with van der Waals surface area (Å²) < 4.78 is 2.39. The van der Waals surface area contributed by atoms with Crippen molar-refractivity contribution in [2.75, 3.05) is 4.90 Å². The summed E-state index contributed by atoms with van der Waals surface area (Å²) in [6.45, 7) is 2.16. The molecule has 7 rings (SSSR count). The van der Waals surface area contributed by atoms with E-state index in [1.807, 2.05) is 0 Å². The lowest BCUT2D eigenvalue weighted by molar-refractivity contribution is 0.744. The zero-order chi connectivity index (χ0) is 21.9. The number of fused-ring (bicyclic) bond motifs is 6. The van der Waals surface area contributed by atoms with Gasteiger partial charge in [0.15, 0.2) is 0 Å². The van der Waals surface area contributed by atoms with E-state index in [-0.39, 0.29) is 0 Å². The molecule has 33 heavy (non-hydrogen) atoms. The van der Waals surface area contributed by atoms with Crippen LogP contribution >= 0.6 is 0 Å². The number of aromatic nitrogens is 1. The molecule has 2 atom stereocenters. The number of para-hydroxylation sites is 2. The van der Waals surface area contributed by atoms with Crippen LogP contribution in [-0.4, -0.2) is 10.6 Å². The number of aryl methyl sites for hydroxylation is 1. The summed E-state index contributed by atoms with van der Waals surface area (Å²) in [4.78, 5) is 2.49. The average molecular weight is 425 g/mol. The van der Waals surface area contributed by atoms with Crippen LogP contribution in [-0.2, 0) is 0 Å². The molecule has 0 saturated heterocycles. The Bertz CT molecular complexity index is 1580. The number of rotatable bonds is 2. The number of hydrogen-bond donors (Lipinski definition) is 0. The van der Waals surface area contributed by atoms with Crippen LogP contribution in [0.3, 0.4) is 0 Å². The smallest absolute Gasteiger partial charge is 0.0629 e. The first-order valence-electron chi connectivity index (χ1n) is 11.6. The SMILES string of the molecule is Cc1ccc2c(c1)c1ccccc1n2-c1ccc(N2c3ccccc3C3C=CC=CC32)cc1. The Morgan fingerprint density at radius 2 is 1.36 bits per heavy atom. The molecule has 2 heteroatoms. The number of benzene rings is 4. The minimum absolute atomic E-state index is 0.328. The molecular weight excluding hydrogens is 400 g/mol. The fourth-order valence-corrected chi connectivity index (χ4v) is 5.72. The summed E-state index contributed by atoms with van der Waals surface area (Å²) in [5.41, 5.74) is 8.93. The van der Waals surface area contributed by atoms with Crippen LogP contribution in [0, 0.1) is 6.92 Å². The van der Waals surface area contributed by atoms with Crippen molar-refractivity contribution in [3.05, 3.63) is 126 Å². The Kier molecular flexibility index (Phi) is 3.92. The van der Waals surface area contributed by atoms with E-state index in [1.165, 1.54) is 50.0 Å². The number of anilines is 2. The molecule has 0 radical (unpaired) electrons. The predicted molar refractivity (Wildman–Crippen MR) is 139 cm³/mol. The van der Waals surface area contributed by atoms with Crippen LogP contribution in [0.2, 0.25) is 0 Å². The largest absolute Gasteiger partial charge is 0.333 e. The molecule has 0 amide bonds. The molecule has 2 heterocycles. The van der Waals surface area contributed by atoms with Gasteiger partial charge in [0.25, 0.3) is 0 Å². The summed E-state index contributed by atoms with van der Waals surface area (Å²) in [5.74, 6) is 0.409. The van der Waals surface area contributed by atoms with Crippen LogP contribution in [0.4, 0.5) is 11.4 Å². The van der Waals surface area contributed by atoms with Crippen molar-refractivity contribution in [3.63, 3.8) is 0 Å². The molecule has 0 N–H and O–H groups in total. The fraction of sp³-hybridized carbons (Fsp3) is 0.0968. The van der Waals surface area contributed by atoms with Gasteiger partial charge in [-0.15, -0.1) is 0 Å². The highest BCUT2D eigenvalue weighted by atomic mass is 15.2. The normalized spacial score (nSPS) is 18.8. The Morgan fingerprint density at radius 1 is 0.636 bits per heavy atom. The van der Waals surface area contributed by atoms with Crippen molar-refractivity contribution in [3.8, 4) is 5.69 Å². The van der Waals surface area contributed by atoms with Crippen molar-refractivity contribution >= 4 is 33.2 Å². The minimum Gasteiger partial charge on any atom is -0.333 e. The van der Waals surface area contributed by atoms with E-state index in [2.05, 4.69) is 132 Å². The first kappa shape index (κ1) is 18.5. The molecule has 2 unspecified atom stereocenters. The maximum atomic E-state index is 2.49. The minimum atomic E-state index is 0.328. The molecule has 1 aliphatic heterocycles. The van der Waals surface area contributed by atoms with E-state index in [4.69, 9.17) is 0 Å². The first-order valence-corrected chi connectivity index (χ1v) is 11.6. The maximum Gasteiger partial charge on any atom is 0.0629 e. The highest BCUT2D eigenvalue weighted by molar-refractivity contribution is 6.09. The molecule has 158 valence electrons. The van der Waals surface area contributed by atoms with Crippen molar-refractivity contribution in [2.24, 2.45) is 0 Å². The van der Waals surface area contributed by atoms with Crippen molar-refractivity contribution in [1.29, 1.82) is 0 Å². The van der Waals surface area contributed by atoms with Crippen LogP contribution in [0.1, 0.15) is 17.0 Å². The third-order valence-corrected chi connectivity index (χ3v) is 7.17. The lowest BCUT2D eigenvalue weighted by Crippen LogP contribution is -2.28. The topological polar surface area (TPSA) is 8.17 Å². The summed E-state index contributed by atoms with van der Waals surface area (Å²) in [6.07, 6.45) is 9.01. The van der Waals surface area contributed by atoms with E-state index in [9.17, 15) is 0 Å². The molecule has 0 spiro atoms. The molecule has 5 aromatic rings. The van der Waals surface area contributed by atoms with Gasteiger partial charge in [-0.05, 0) is 61.0 Å². The summed E-state index contributed by atoms with van der Waals surface area (Å²) >= 11 is 0. The van der Waals surface area contributed by atoms with Gasteiger partial charge in [-0.1, -0.05) is 72.3 Å². The fourth-order valence-electron chi connectivity index (χ4n) is 5.72. The summed E-state index contributed by atoms with van der Waals surface area (Å²) in [6, 6.07) is 33.7. The molecule has 1 aromatic heterocycles. The highest BCUT2D eigenvalue weighted by Gasteiger charge is 2.36. The second kappa shape index (κ2) is 6.98. The van der Waals surface area contributed by atoms with Crippen LogP contribution in [0.25, 0.3) is 27.5 Å². The first-order chi connectivity index (χ1) is 16.3. The molecule has 2 aliphatic rings. The number of allylic oxidation sites excluding steroid dienone is 2. The van der Waals surface area contributed by atoms with Crippen molar-refractivity contribution in [2.45, 2.75) is 18.9 Å². The highest BCUT2D eigenvalue weighted by Crippen LogP contribution is 2.47. The van der Waals surface area contributed by atoms with Crippen LogP contribution < -0.4 is 4.90 Å². The van der Waals surface area contributed by atoms with Gasteiger partial charge in [0.2, 0.25) is 0 Å². The molecular formula is C31H24N2. The standard InChI is InChI=1S/C31H24N2/c1-21-14-19-31-27(20-21)26-10-4-7-13-30(26)33(31)23-17-15-22(16-18-23)32-28-11-5-2-8-24(28)25-9-3-6-12-29(25)32/h2-20,24,28H,1H3. The zero-order valence-electron chi connectivity index (χ0n) is 18.5. The molecule has 4 aromatic carbocycles. The Balaban J connectivity index is 1.37. The van der Waals surface area contributed by atoms with E-state index < -0.39 is 0 Å². The predicted octanol–water partition coefficient (Wildman–Crippen LogP) is 7.82. The Labute approximate surface area is 193 Å². The van der Waals surface area contributed by atoms with E-state index in [1.54, 1.807) is 0 Å². The van der Waals surface area contributed by atoms with Gasteiger partial charge in [-0.2, -0.15) is 0 Å². The Morgan fingerprint density at radius 3 is 2.27 bits per heavy atom. The second-order valence-corrected chi connectivity index (χ2v) is 9.10. The molecule has 2 nitrogen and oxygen atoms in total. The van der Waals surface area contributed by atoms with Gasteiger partial charge in [0, 0.05) is 33.8 Å². The van der Waals surface area contributed by atoms with E-state index in [0.717, 1.165) is 0 Å². The van der Waals surface area contributed by atoms with Gasteiger partial charge < -0.3 is 9.47 Å². The third-order valence-electron chi connectivity index (χ3n) is 7.17. The van der Waals surface area contributed by atoms with Crippen LogP contribution in [0.15, 0.2) is 115 Å². The quantitative estimate of drug-likeness (QED) is 0.280. The molecule has 0 bridgehead atoms. The van der Waals surface area contributed by atoms with Gasteiger partial charge in [-0.25, -0.2) is 0 Å². The lowest BCUT2D eigenvalue weighted by Gasteiger charge is -2.28. The van der Waals surface area contributed by atoms with Gasteiger partial charge in [0.1, 0.15) is 0 Å². The van der Waals surface area contributed by atoms with Gasteiger partial charge in [-0.3, -0.25) is 0 Å². The maximum absolute atomic E-state index is 2.49. The third kappa shape index (κ3) is 2.67. The van der Waals surface area contributed by atoms with E-state index >= 15 is 0 Å². The van der Waals surface area contributed by atoms with Crippen molar-refractivity contribution in [1.82, 2.24) is 4.57 Å². The molecule has 0 saturated carbocycles. The monoisotopic (exact) mass is 424 g/mol. The summed E-state index contributed by atoms with van der Waals surface area (Å²) in [5, 5.41) is 2.61. The Hall–Kier alpha value is -4.04. The number of nitrogens with zero attached hydrogens (tertiary/aromatic N) is 2. The van der Waals surface area contributed by atoms with E-state index in [0.29, 0.717) is 12.0 Å².